The quantitative estimate of drug-likeness (QED) is 0.732. The maximum atomic E-state index is 11.4. The summed E-state index contributed by atoms with van der Waals surface area (Å²) >= 11 is 0. The van der Waals surface area contributed by atoms with Gasteiger partial charge in [0.2, 0.25) is 10.0 Å². The summed E-state index contributed by atoms with van der Waals surface area (Å²) in [6, 6.07) is 0. The van der Waals surface area contributed by atoms with E-state index in [0.29, 0.717) is 17.9 Å². The van der Waals surface area contributed by atoms with Crippen LogP contribution in [0.2, 0.25) is 0 Å². The van der Waals surface area contributed by atoms with Crippen LogP contribution in [-0.4, -0.2) is 32.1 Å². The van der Waals surface area contributed by atoms with Crippen LogP contribution in [0, 0.1) is 11.3 Å². The zero-order chi connectivity index (χ0) is 11.7. The normalized spacial score (nSPS) is 25.5. The molecule has 0 N–H and O–H groups in total. The largest absolute Gasteiger partial charge is 0.213 e. The van der Waals surface area contributed by atoms with Crippen molar-refractivity contribution in [2.75, 3.05) is 19.3 Å². The molecular formula is C11H23NO2S. The fourth-order valence-corrected chi connectivity index (χ4v) is 3.30. The minimum Gasteiger partial charge on any atom is -0.213 e. The van der Waals surface area contributed by atoms with E-state index in [4.69, 9.17) is 0 Å². The first-order valence-electron chi connectivity index (χ1n) is 5.63. The van der Waals surface area contributed by atoms with E-state index in [0.717, 1.165) is 19.4 Å². The molecule has 4 heteroatoms. The van der Waals surface area contributed by atoms with Gasteiger partial charge in [0.15, 0.2) is 0 Å². The van der Waals surface area contributed by atoms with Crippen molar-refractivity contribution in [1.29, 1.82) is 0 Å². The predicted molar refractivity (Wildman–Crippen MR) is 63.2 cm³/mol. The highest BCUT2D eigenvalue weighted by Gasteiger charge is 2.28. The van der Waals surface area contributed by atoms with Crippen LogP contribution < -0.4 is 0 Å². The molecule has 3 nitrogen and oxygen atoms in total. The smallest absolute Gasteiger partial charge is 0.211 e. The number of hydrogen-bond acceptors (Lipinski definition) is 2. The Morgan fingerprint density at radius 3 is 2.40 bits per heavy atom. The molecule has 0 aromatic rings. The molecule has 1 aliphatic heterocycles. The van der Waals surface area contributed by atoms with Crippen LogP contribution in [0.1, 0.15) is 40.0 Å². The molecule has 1 fully saturated rings. The fourth-order valence-electron chi connectivity index (χ4n) is 2.36. The molecule has 0 spiro atoms. The Kier molecular flexibility index (Phi) is 3.82. The van der Waals surface area contributed by atoms with Gasteiger partial charge in [-0.2, -0.15) is 0 Å². The highest BCUT2D eigenvalue weighted by Crippen LogP contribution is 2.30. The van der Waals surface area contributed by atoms with Crippen molar-refractivity contribution < 1.29 is 8.42 Å². The summed E-state index contributed by atoms with van der Waals surface area (Å²) in [5.41, 5.74) is 0.297. The van der Waals surface area contributed by atoms with Crippen molar-refractivity contribution in [3.8, 4) is 0 Å². The minimum absolute atomic E-state index is 0.297. The van der Waals surface area contributed by atoms with E-state index < -0.39 is 10.0 Å². The molecule has 1 rings (SSSR count). The SMILES string of the molecule is CC(C)(C)C[C@@H]1CCCN(S(C)(=O)=O)C1. The molecule has 15 heavy (non-hydrogen) atoms. The first-order chi connectivity index (χ1) is 6.68. The topological polar surface area (TPSA) is 37.4 Å². The highest BCUT2D eigenvalue weighted by atomic mass is 32.2. The molecule has 0 aliphatic carbocycles. The number of hydrogen-bond donors (Lipinski definition) is 0. The van der Waals surface area contributed by atoms with Crippen LogP contribution in [0.15, 0.2) is 0 Å². The molecule has 0 radical (unpaired) electrons. The standard InChI is InChI=1S/C11H23NO2S/c1-11(2,3)8-10-6-5-7-12(9-10)15(4,13)14/h10H,5-9H2,1-4H3/t10-/m0/s1. The van der Waals surface area contributed by atoms with Gasteiger partial charge in [-0.15, -0.1) is 0 Å². The Bertz CT molecular complexity index is 303. The summed E-state index contributed by atoms with van der Waals surface area (Å²) < 4.78 is 24.5. The molecule has 0 unspecified atom stereocenters. The van der Waals surface area contributed by atoms with Gasteiger partial charge >= 0.3 is 0 Å². The van der Waals surface area contributed by atoms with Crippen molar-refractivity contribution in [2.24, 2.45) is 11.3 Å². The van der Waals surface area contributed by atoms with Gasteiger partial charge in [0.25, 0.3) is 0 Å². The van der Waals surface area contributed by atoms with Crippen LogP contribution in [0.3, 0.4) is 0 Å². The minimum atomic E-state index is -2.98. The fraction of sp³-hybridized carbons (Fsp3) is 1.00. The third kappa shape index (κ3) is 4.51. The average molecular weight is 233 g/mol. The number of piperidine rings is 1. The van der Waals surface area contributed by atoms with E-state index in [1.165, 1.54) is 12.7 Å². The predicted octanol–water partition coefficient (Wildman–Crippen LogP) is 2.09. The van der Waals surface area contributed by atoms with Crippen LogP contribution in [0.5, 0.6) is 0 Å². The summed E-state index contributed by atoms with van der Waals surface area (Å²) in [6.45, 7) is 8.07. The van der Waals surface area contributed by atoms with Crippen molar-refractivity contribution in [3.05, 3.63) is 0 Å². The number of sulfonamides is 1. The second kappa shape index (κ2) is 4.42. The monoisotopic (exact) mass is 233 g/mol. The summed E-state index contributed by atoms with van der Waals surface area (Å²) in [6.07, 6.45) is 4.60. The molecule has 0 bridgehead atoms. The summed E-state index contributed by atoms with van der Waals surface area (Å²) in [7, 11) is -2.98. The van der Waals surface area contributed by atoms with E-state index in [-0.39, 0.29) is 0 Å². The Morgan fingerprint density at radius 1 is 1.33 bits per heavy atom. The van der Waals surface area contributed by atoms with Gasteiger partial charge in [-0.1, -0.05) is 20.8 Å². The Hall–Kier alpha value is -0.0900. The van der Waals surface area contributed by atoms with Gasteiger partial charge in [0.1, 0.15) is 0 Å². The highest BCUT2D eigenvalue weighted by molar-refractivity contribution is 7.88. The molecule has 0 amide bonds. The summed E-state index contributed by atoms with van der Waals surface area (Å²) in [5.74, 6) is 0.536. The first-order valence-corrected chi connectivity index (χ1v) is 7.48. The third-order valence-corrected chi connectivity index (χ3v) is 4.12. The summed E-state index contributed by atoms with van der Waals surface area (Å²) in [5, 5.41) is 0. The van der Waals surface area contributed by atoms with Gasteiger partial charge in [-0.25, -0.2) is 12.7 Å². The zero-order valence-corrected chi connectivity index (χ0v) is 11.1. The van der Waals surface area contributed by atoms with E-state index in [2.05, 4.69) is 20.8 Å². The van der Waals surface area contributed by atoms with E-state index >= 15 is 0 Å². The van der Waals surface area contributed by atoms with Crippen LogP contribution in [-0.2, 0) is 10.0 Å². The van der Waals surface area contributed by atoms with Gasteiger partial charge in [-0.05, 0) is 30.6 Å². The van der Waals surface area contributed by atoms with Crippen LogP contribution in [0.25, 0.3) is 0 Å². The van der Waals surface area contributed by atoms with Crippen molar-refractivity contribution >= 4 is 10.0 Å². The maximum absolute atomic E-state index is 11.4. The van der Waals surface area contributed by atoms with Gasteiger partial charge in [0.05, 0.1) is 6.26 Å². The lowest BCUT2D eigenvalue weighted by Gasteiger charge is -2.34. The second-order valence-electron chi connectivity index (χ2n) is 5.89. The first kappa shape index (κ1) is 13.0. The molecule has 0 saturated carbocycles. The lowest BCUT2D eigenvalue weighted by molar-refractivity contribution is 0.201. The van der Waals surface area contributed by atoms with E-state index in [1.54, 1.807) is 4.31 Å². The van der Waals surface area contributed by atoms with Gasteiger partial charge < -0.3 is 0 Å². The van der Waals surface area contributed by atoms with Crippen molar-refractivity contribution in [2.45, 2.75) is 40.0 Å². The van der Waals surface area contributed by atoms with Gasteiger partial charge in [-0.3, -0.25) is 0 Å². The zero-order valence-electron chi connectivity index (χ0n) is 10.3. The summed E-state index contributed by atoms with van der Waals surface area (Å²) in [4.78, 5) is 0. The molecule has 1 heterocycles. The molecule has 1 aliphatic rings. The third-order valence-electron chi connectivity index (χ3n) is 2.85. The molecule has 1 atom stereocenters. The number of nitrogens with zero attached hydrogens (tertiary/aromatic N) is 1. The maximum Gasteiger partial charge on any atom is 0.211 e. The lowest BCUT2D eigenvalue weighted by atomic mass is 9.81. The molecule has 0 aromatic carbocycles. The molecule has 1 saturated heterocycles. The van der Waals surface area contributed by atoms with Crippen molar-refractivity contribution in [1.82, 2.24) is 4.31 Å². The lowest BCUT2D eigenvalue weighted by Crippen LogP contribution is -2.40. The average Bonchev–Trinajstić information content (AvgIpc) is 1.99. The van der Waals surface area contributed by atoms with Gasteiger partial charge in [0, 0.05) is 13.1 Å². The van der Waals surface area contributed by atoms with Crippen molar-refractivity contribution in [3.63, 3.8) is 0 Å². The molecule has 90 valence electrons. The number of rotatable bonds is 2. The van der Waals surface area contributed by atoms with E-state index in [1.807, 2.05) is 0 Å². The Labute approximate surface area is 93.9 Å². The van der Waals surface area contributed by atoms with E-state index in [9.17, 15) is 8.42 Å². The second-order valence-corrected chi connectivity index (χ2v) is 7.88. The van der Waals surface area contributed by atoms with Crippen LogP contribution >= 0.6 is 0 Å². The Morgan fingerprint density at radius 2 is 1.93 bits per heavy atom. The molecular weight excluding hydrogens is 210 g/mol. The van der Waals surface area contributed by atoms with Crippen LogP contribution in [0.4, 0.5) is 0 Å². The molecule has 0 aromatic heterocycles. The Balaban J connectivity index is 2.57.